The third-order valence-electron chi connectivity index (χ3n) is 5.78. The minimum absolute atomic E-state index is 0.0388. The molecule has 0 fully saturated rings. The Kier molecular flexibility index (Phi) is 3.90. The number of nitrogens with zero attached hydrogens (tertiary/aromatic N) is 3. The van der Waals surface area contributed by atoms with Crippen LogP contribution in [0.2, 0.25) is 0 Å². The molecule has 1 aromatic carbocycles. The highest BCUT2D eigenvalue weighted by atomic mass is 32.1. The number of hydrogen-bond acceptors (Lipinski definition) is 4. The molecule has 2 aliphatic rings. The maximum Gasteiger partial charge on any atom is 0.262 e. The highest BCUT2D eigenvalue weighted by Gasteiger charge is 2.26. The van der Waals surface area contributed by atoms with E-state index in [1.807, 2.05) is 18.2 Å². The molecule has 1 atom stereocenters. The van der Waals surface area contributed by atoms with Crippen molar-refractivity contribution in [2.24, 2.45) is 5.92 Å². The molecule has 0 bridgehead atoms. The number of anilines is 1. The summed E-state index contributed by atoms with van der Waals surface area (Å²) >= 11 is 1.64. The molecule has 1 amide bonds. The van der Waals surface area contributed by atoms with Gasteiger partial charge in [-0.2, -0.15) is 0 Å². The minimum atomic E-state index is -0.0760. The largest absolute Gasteiger partial charge is 0.310 e. The van der Waals surface area contributed by atoms with E-state index in [0.29, 0.717) is 12.5 Å². The Labute approximate surface area is 161 Å². The first-order valence-corrected chi connectivity index (χ1v) is 10.3. The predicted molar refractivity (Wildman–Crippen MR) is 108 cm³/mol. The van der Waals surface area contributed by atoms with E-state index >= 15 is 0 Å². The second kappa shape index (κ2) is 6.30. The number of benzene rings is 1. The number of para-hydroxylation sites is 1. The molecule has 1 aliphatic heterocycles. The third-order valence-corrected chi connectivity index (χ3v) is 6.94. The van der Waals surface area contributed by atoms with Crippen LogP contribution in [0.1, 0.15) is 29.3 Å². The summed E-state index contributed by atoms with van der Waals surface area (Å²) in [5.41, 5.74) is 3.24. The monoisotopic (exact) mass is 379 g/mol. The van der Waals surface area contributed by atoms with Crippen molar-refractivity contribution in [2.75, 3.05) is 11.4 Å². The summed E-state index contributed by atoms with van der Waals surface area (Å²) in [7, 11) is 0. The Hall–Kier alpha value is -2.47. The van der Waals surface area contributed by atoms with E-state index in [2.05, 4.69) is 18.0 Å². The Balaban J connectivity index is 1.49. The quantitative estimate of drug-likeness (QED) is 0.687. The number of fused-ring (bicyclic) bond motifs is 4. The van der Waals surface area contributed by atoms with Crippen molar-refractivity contribution in [1.82, 2.24) is 9.55 Å². The molecular weight excluding hydrogens is 358 g/mol. The second-order valence-corrected chi connectivity index (χ2v) is 8.72. The van der Waals surface area contributed by atoms with Gasteiger partial charge < -0.3 is 4.90 Å². The topological polar surface area (TPSA) is 55.2 Å². The van der Waals surface area contributed by atoms with Crippen LogP contribution in [0.5, 0.6) is 0 Å². The molecule has 1 aliphatic carbocycles. The lowest BCUT2D eigenvalue weighted by atomic mass is 9.89. The van der Waals surface area contributed by atoms with Crippen LogP contribution in [-0.4, -0.2) is 22.0 Å². The fourth-order valence-corrected chi connectivity index (χ4v) is 5.65. The average Bonchev–Trinajstić information content (AvgIpc) is 3.25. The zero-order chi connectivity index (χ0) is 18.5. The van der Waals surface area contributed by atoms with Crippen molar-refractivity contribution in [3.05, 3.63) is 57.0 Å². The number of carbonyl (C=O) groups excluding carboxylic acids is 1. The maximum atomic E-state index is 13.1. The van der Waals surface area contributed by atoms with E-state index in [1.165, 1.54) is 26.9 Å². The molecule has 5 rings (SSSR count). The summed E-state index contributed by atoms with van der Waals surface area (Å²) in [5.74, 6) is 0.602. The van der Waals surface area contributed by atoms with Gasteiger partial charge in [0.25, 0.3) is 5.56 Å². The Bertz CT molecular complexity index is 1110. The molecule has 0 saturated heterocycles. The first-order valence-electron chi connectivity index (χ1n) is 9.50. The number of rotatable bonds is 2. The van der Waals surface area contributed by atoms with Gasteiger partial charge in [0.05, 0.1) is 11.7 Å². The predicted octanol–water partition coefficient (Wildman–Crippen LogP) is 3.17. The highest BCUT2D eigenvalue weighted by molar-refractivity contribution is 7.18. The average molecular weight is 379 g/mol. The number of hydrogen-bond donors (Lipinski definition) is 0. The van der Waals surface area contributed by atoms with E-state index in [-0.39, 0.29) is 18.0 Å². The number of carbonyl (C=O) groups is 1. The van der Waals surface area contributed by atoms with Gasteiger partial charge in [-0.25, -0.2) is 4.98 Å². The molecule has 1 unspecified atom stereocenters. The molecule has 2 aromatic heterocycles. The Morgan fingerprint density at radius 3 is 3.04 bits per heavy atom. The SMILES string of the molecule is CC1CCc2c(sc3ncn(CC(=O)N4CCc5ccccc54)c(=O)c23)C1. The van der Waals surface area contributed by atoms with Gasteiger partial charge in [0.2, 0.25) is 5.91 Å². The fraction of sp³-hybridized carbons (Fsp3) is 0.381. The lowest BCUT2D eigenvalue weighted by molar-refractivity contribution is -0.119. The van der Waals surface area contributed by atoms with Crippen molar-refractivity contribution in [3.63, 3.8) is 0 Å². The van der Waals surface area contributed by atoms with Gasteiger partial charge in [0.1, 0.15) is 11.4 Å². The van der Waals surface area contributed by atoms with Gasteiger partial charge in [-0.1, -0.05) is 25.1 Å². The van der Waals surface area contributed by atoms with Gasteiger partial charge in [0, 0.05) is 17.1 Å². The second-order valence-electron chi connectivity index (χ2n) is 7.63. The molecule has 3 aromatic rings. The van der Waals surface area contributed by atoms with Crippen molar-refractivity contribution >= 4 is 33.1 Å². The first-order chi connectivity index (χ1) is 13.1. The molecule has 0 N–H and O–H groups in total. The van der Waals surface area contributed by atoms with Crippen LogP contribution in [0.4, 0.5) is 5.69 Å². The molecule has 3 heterocycles. The van der Waals surface area contributed by atoms with E-state index in [1.54, 1.807) is 16.2 Å². The summed E-state index contributed by atoms with van der Waals surface area (Å²) in [6.45, 7) is 2.97. The van der Waals surface area contributed by atoms with Crippen molar-refractivity contribution in [3.8, 4) is 0 Å². The fourth-order valence-electron chi connectivity index (χ4n) is 4.31. The molecule has 6 heteroatoms. The zero-order valence-electron chi connectivity index (χ0n) is 15.3. The van der Waals surface area contributed by atoms with Crippen molar-refractivity contribution < 1.29 is 4.79 Å². The van der Waals surface area contributed by atoms with E-state index in [4.69, 9.17) is 0 Å². The van der Waals surface area contributed by atoms with Crippen LogP contribution in [-0.2, 0) is 30.6 Å². The van der Waals surface area contributed by atoms with Crippen LogP contribution in [0, 0.1) is 5.92 Å². The van der Waals surface area contributed by atoms with Crippen LogP contribution in [0.25, 0.3) is 10.2 Å². The standard InChI is InChI=1S/C21H21N3O2S/c1-13-6-7-15-17(10-13)27-20-19(15)21(26)23(12-22-20)11-18(25)24-9-8-14-4-2-3-5-16(14)24/h2-5,12-13H,6-11H2,1H3. The molecule has 5 nitrogen and oxygen atoms in total. The van der Waals surface area contributed by atoms with E-state index in [9.17, 15) is 9.59 Å². The Morgan fingerprint density at radius 2 is 2.15 bits per heavy atom. The number of amides is 1. The van der Waals surface area contributed by atoms with Gasteiger partial charge in [-0.3, -0.25) is 14.2 Å². The summed E-state index contributed by atoms with van der Waals surface area (Å²) in [6, 6.07) is 7.97. The zero-order valence-corrected chi connectivity index (χ0v) is 16.1. The van der Waals surface area contributed by atoms with E-state index < -0.39 is 0 Å². The minimum Gasteiger partial charge on any atom is -0.310 e. The van der Waals surface area contributed by atoms with Crippen LogP contribution >= 0.6 is 11.3 Å². The van der Waals surface area contributed by atoms with Crippen LogP contribution in [0.15, 0.2) is 35.4 Å². The van der Waals surface area contributed by atoms with Gasteiger partial charge in [0.15, 0.2) is 0 Å². The van der Waals surface area contributed by atoms with Crippen LogP contribution < -0.4 is 10.5 Å². The van der Waals surface area contributed by atoms with Gasteiger partial charge >= 0.3 is 0 Å². The summed E-state index contributed by atoms with van der Waals surface area (Å²) in [4.78, 5) is 34.4. The third kappa shape index (κ3) is 2.70. The van der Waals surface area contributed by atoms with Crippen LogP contribution in [0.3, 0.4) is 0 Å². The number of thiophene rings is 1. The molecule has 138 valence electrons. The lowest BCUT2D eigenvalue weighted by Crippen LogP contribution is -2.35. The summed E-state index contributed by atoms with van der Waals surface area (Å²) < 4.78 is 1.48. The molecular formula is C21H21N3O2S. The number of aromatic nitrogens is 2. The maximum absolute atomic E-state index is 13.1. The molecule has 27 heavy (non-hydrogen) atoms. The smallest absolute Gasteiger partial charge is 0.262 e. The number of aryl methyl sites for hydroxylation is 1. The Morgan fingerprint density at radius 1 is 1.30 bits per heavy atom. The highest BCUT2D eigenvalue weighted by Crippen LogP contribution is 2.35. The normalized spacial score (nSPS) is 18.6. The van der Waals surface area contributed by atoms with Gasteiger partial charge in [-0.05, 0) is 48.8 Å². The molecule has 0 radical (unpaired) electrons. The molecule has 0 saturated carbocycles. The van der Waals surface area contributed by atoms with Crippen molar-refractivity contribution in [1.29, 1.82) is 0 Å². The summed E-state index contributed by atoms with van der Waals surface area (Å²) in [5, 5.41) is 0.735. The van der Waals surface area contributed by atoms with Crippen molar-refractivity contribution in [2.45, 2.75) is 39.2 Å². The molecule has 0 spiro atoms. The van der Waals surface area contributed by atoms with Gasteiger partial charge in [-0.15, -0.1) is 11.3 Å². The van der Waals surface area contributed by atoms with E-state index in [0.717, 1.165) is 41.6 Å². The lowest BCUT2D eigenvalue weighted by Gasteiger charge is -2.18. The first kappa shape index (κ1) is 16.7. The summed E-state index contributed by atoms with van der Waals surface area (Å²) in [6.07, 6.45) is 5.47.